The highest BCUT2D eigenvalue weighted by atomic mass is 32.2. The van der Waals surface area contributed by atoms with Gasteiger partial charge in [0.2, 0.25) is 5.91 Å². The van der Waals surface area contributed by atoms with E-state index in [1.54, 1.807) is 19.1 Å². The largest absolute Gasteiger partial charge is 0.355 e. The first-order valence-corrected chi connectivity index (χ1v) is 9.60. The Balaban J connectivity index is 1.80. The highest BCUT2D eigenvalue weighted by Crippen LogP contribution is 2.24. The van der Waals surface area contributed by atoms with E-state index in [0.717, 1.165) is 11.4 Å². The average molecular weight is 350 g/mol. The quantitative estimate of drug-likeness (QED) is 0.558. The summed E-state index contributed by atoms with van der Waals surface area (Å²) in [6.07, 6.45) is 6.30. The van der Waals surface area contributed by atoms with Crippen molar-refractivity contribution in [2.24, 2.45) is 5.92 Å². The summed E-state index contributed by atoms with van der Waals surface area (Å²) in [6, 6.07) is 7.24. The van der Waals surface area contributed by atoms with Crippen molar-refractivity contribution in [1.82, 2.24) is 10.8 Å². The molecule has 132 valence electrons. The van der Waals surface area contributed by atoms with Crippen LogP contribution in [0.15, 0.2) is 29.2 Å². The molecule has 0 saturated heterocycles. The molecule has 0 atom stereocenters. The number of carbonyl (C=O) groups excluding carboxylic acids is 2. The maximum atomic E-state index is 12.1. The van der Waals surface area contributed by atoms with Crippen molar-refractivity contribution in [3.8, 4) is 0 Å². The van der Waals surface area contributed by atoms with Crippen LogP contribution in [0.25, 0.3) is 0 Å². The second-order valence-electron chi connectivity index (χ2n) is 5.96. The van der Waals surface area contributed by atoms with Crippen LogP contribution >= 0.6 is 11.8 Å². The standard InChI is InChI=1S/C18H26N2O3S/c1-2-23-20-18(22)15-10-6-7-11-16(15)24-13-17(21)19-12-14-8-4-3-5-9-14/h6-7,10-11,14H,2-5,8-9,12-13H2,1H3,(H,19,21)(H,20,22). The van der Waals surface area contributed by atoms with E-state index >= 15 is 0 Å². The molecule has 6 heteroatoms. The first-order chi connectivity index (χ1) is 11.7. The van der Waals surface area contributed by atoms with Crippen LogP contribution in [0.2, 0.25) is 0 Å². The van der Waals surface area contributed by atoms with Crippen molar-refractivity contribution in [3.05, 3.63) is 29.8 Å². The van der Waals surface area contributed by atoms with Crippen LogP contribution in [-0.4, -0.2) is 30.7 Å². The SMILES string of the molecule is CCONC(=O)c1ccccc1SCC(=O)NCC1CCCCC1. The molecule has 1 aliphatic rings. The topological polar surface area (TPSA) is 67.4 Å². The normalized spacial score (nSPS) is 15.0. The van der Waals surface area contributed by atoms with Crippen molar-refractivity contribution in [2.75, 3.05) is 18.9 Å². The maximum absolute atomic E-state index is 12.1. The molecule has 24 heavy (non-hydrogen) atoms. The Morgan fingerprint density at radius 1 is 1.21 bits per heavy atom. The molecule has 0 bridgehead atoms. The van der Waals surface area contributed by atoms with Gasteiger partial charge < -0.3 is 5.32 Å². The molecule has 0 radical (unpaired) electrons. The summed E-state index contributed by atoms with van der Waals surface area (Å²) in [4.78, 5) is 29.8. The molecule has 2 rings (SSSR count). The van der Waals surface area contributed by atoms with E-state index in [-0.39, 0.29) is 11.8 Å². The number of thioether (sulfide) groups is 1. The van der Waals surface area contributed by atoms with Crippen molar-refractivity contribution in [3.63, 3.8) is 0 Å². The van der Waals surface area contributed by atoms with E-state index in [2.05, 4.69) is 10.8 Å². The van der Waals surface area contributed by atoms with Gasteiger partial charge in [0, 0.05) is 11.4 Å². The molecule has 5 nitrogen and oxygen atoms in total. The number of benzene rings is 1. The number of hydrogen-bond acceptors (Lipinski definition) is 4. The second kappa shape index (κ2) is 10.4. The highest BCUT2D eigenvalue weighted by molar-refractivity contribution is 8.00. The van der Waals surface area contributed by atoms with Gasteiger partial charge >= 0.3 is 0 Å². The van der Waals surface area contributed by atoms with Crippen LogP contribution in [0.3, 0.4) is 0 Å². The fourth-order valence-corrected chi connectivity index (χ4v) is 3.70. The van der Waals surface area contributed by atoms with Gasteiger partial charge in [-0.3, -0.25) is 14.4 Å². The van der Waals surface area contributed by atoms with Gasteiger partial charge in [-0.2, -0.15) is 0 Å². The lowest BCUT2D eigenvalue weighted by Gasteiger charge is -2.21. The zero-order valence-corrected chi connectivity index (χ0v) is 15.0. The van der Waals surface area contributed by atoms with Gasteiger partial charge in [-0.05, 0) is 37.8 Å². The number of rotatable bonds is 8. The third-order valence-electron chi connectivity index (χ3n) is 4.11. The summed E-state index contributed by atoms with van der Waals surface area (Å²) in [5.41, 5.74) is 2.92. The smallest absolute Gasteiger partial charge is 0.275 e. The molecule has 2 N–H and O–H groups in total. The minimum atomic E-state index is -0.289. The molecule has 1 saturated carbocycles. The number of carbonyl (C=O) groups is 2. The monoisotopic (exact) mass is 350 g/mol. The Morgan fingerprint density at radius 2 is 1.96 bits per heavy atom. The van der Waals surface area contributed by atoms with E-state index in [9.17, 15) is 9.59 Å². The lowest BCUT2D eigenvalue weighted by molar-refractivity contribution is -0.118. The molecule has 0 aliphatic heterocycles. The molecule has 2 amide bonds. The minimum absolute atomic E-state index is 0.0191. The predicted molar refractivity (Wildman–Crippen MR) is 95.8 cm³/mol. The van der Waals surface area contributed by atoms with E-state index in [1.165, 1.54) is 43.9 Å². The van der Waals surface area contributed by atoms with Crippen LogP contribution < -0.4 is 10.8 Å². The van der Waals surface area contributed by atoms with Crippen molar-refractivity contribution >= 4 is 23.6 Å². The molecule has 0 spiro atoms. The summed E-state index contributed by atoms with van der Waals surface area (Å²) in [6.45, 7) is 2.98. The summed E-state index contributed by atoms with van der Waals surface area (Å²) in [5.74, 6) is 0.663. The van der Waals surface area contributed by atoms with Crippen molar-refractivity contribution < 1.29 is 14.4 Å². The minimum Gasteiger partial charge on any atom is -0.355 e. The molecule has 0 aromatic heterocycles. The van der Waals surface area contributed by atoms with Gasteiger partial charge in [0.1, 0.15) is 0 Å². The lowest BCUT2D eigenvalue weighted by atomic mass is 9.89. The summed E-state index contributed by atoms with van der Waals surface area (Å²) >= 11 is 1.38. The van der Waals surface area contributed by atoms with Gasteiger partial charge in [-0.1, -0.05) is 31.4 Å². The van der Waals surface area contributed by atoms with Crippen LogP contribution in [0.5, 0.6) is 0 Å². The first kappa shape index (κ1) is 18.8. The van der Waals surface area contributed by atoms with Gasteiger partial charge in [0.25, 0.3) is 5.91 Å². The second-order valence-corrected chi connectivity index (χ2v) is 6.97. The van der Waals surface area contributed by atoms with Crippen LogP contribution in [0, 0.1) is 5.92 Å². The van der Waals surface area contributed by atoms with Crippen molar-refractivity contribution in [2.45, 2.75) is 43.9 Å². The number of hydroxylamine groups is 1. The summed E-state index contributed by atoms with van der Waals surface area (Å²) in [7, 11) is 0. The number of amides is 2. The Kier molecular flexibility index (Phi) is 8.12. The number of nitrogens with one attached hydrogen (secondary N) is 2. The average Bonchev–Trinajstić information content (AvgIpc) is 2.63. The molecule has 1 fully saturated rings. The fourth-order valence-electron chi connectivity index (χ4n) is 2.82. The van der Waals surface area contributed by atoms with Crippen LogP contribution in [0.1, 0.15) is 49.4 Å². The molecule has 1 aromatic rings. The molecule has 1 aromatic carbocycles. The van der Waals surface area contributed by atoms with E-state index in [1.807, 2.05) is 12.1 Å². The van der Waals surface area contributed by atoms with E-state index < -0.39 is 0 Å². The van der Waals surface area contributed by atoms with Gasteiger partial charge in [-0.25, -0.2) is 5.48 Å². The van der Waals surface area contributed by atoms with Gasteiger partial charge in [0.05, 0.1) is 17.9 Å². The highest BCUT2D eigenvalue weighted by Gasteiger charge is 2.15. The predicted octanol–water partition coefficient (Wildman–Crippen LogP) is 3.16. The Labute approximate surface area is 147 Å². The zero-order chi connectivity index (χ0) is 17.2. The zero-order valence-electron chi connectivity index (χ0n) is 14.2. The third-order valence-corrected chi connectivity index (χ3v) is 5.19. The molecule has 1 aliphatic carbocycles. The van der Waals surface area contributed by atoms with Gasteiger partial charge in [-0.15, -0.1) is 11.8 Å². The lowest BCUT2D eigenvalue weighted by Crippen LogP contribution is -2.31. The third kappa shape index (κ3) is 6.17. The van der Waals surface area contributed by atoms with Crippen LogP contribution in [0.4, 0.5) is 0 Å². The fraction of sp³-hybridized carbons (Fsp3) is 0.556. The Bertz CT molecular complexity index is 545. The molecular weight excluding hydrogens is 324 g/mol. The Morgan fingerprint density at radius 3 is 2.71 bits per heavy atom. The van der Waals surface area contributed by atoms with Gasteiger partial charge in [0.15, 0.2) is 0 Å². The van der Waals surface area contributed by atoms with E-state index in [4.69, 9.17) is 4.84 Å². The molecular formula is C18H26N2O3S. The summed E-state index contributed by atoms with van der Waals surface area (Å²) < 4.78 is 0. The molecule has 0 heterocycles. The maximum Gasteiger partial charge on any atom is 0.275 e. The van der Waals surface area contributed by atoms with E-state index in [0.29, 0.717) is 23.8 Å². The number of hydrogen-bond donors (Lipinski definition) is 2. The van der Waals surface area contributed by atoms with Crippen LogP contribution in [-0.2, 0) is 9.63 Å². The first-order valence-electron chi connectivity index (χ1n) is 8.61. The summed E-state index contributed by atoms with van der Waals surface area (Å²) in [5, 5.41) is 3.02. The Hall–Kier alpha value is -1.53. The van der Waals surface area contributed by atoms with Crippen molar-refractivity contribution in [1.29, 1.82) is 0 Å². The molecule has 0 unspecified atom stereocenters.